The minimum Gasteiger partial charge on any atom is -0.493 e. The first-order chi connectivity index (χ1) is 12.7. The second-order valence-corrected chi connectivity index (χ2v) is 7.16. The first kappa shape index (κ1) is 19.0. The van der Waals surface area contributed by atoms with Crippen LogP contribution in [0.15, 0.2) is 23.4 Å². The number of methoxy groups -OCH3 is 2. The van der Waals surface area contributed by atoms with E-state index in [9.17, 15) is 5.11 Å². The Labute approximate surface area is 155 Å². The fourth-order valence-electron chi connectivity index (χ4n) is 3.03. The molecule has 2 N–H and O–H groups in total. The summed E-state index contributed by atoms with van der Waals surface area (Å²) >= 11 is 0. The van der Waals surface area contributed by atoms with E-state index in [2.05, 4.69) is 10.5 Å². The fourth-order valence-corrected chi connectivity index (χ4v) is 3.03. The topological polar surface area (TPSA) is 72.3 Å². The van der Waals surface area contributed by atoms with Crippen LogP contribution in [0.25, 0.3) is 0 Å². The summed E-state index contributed by atoms with van der Waals surface area (Å²) in [5.41, 5.74) is 2.39. The highest BCUT2D eigenvalue weighted by Crippen LogP contribution is 2.42. The van der Waals surface area contributed by atoms with Crippen LogP contribution in [0, 0.1) is 11.8 Å². The zero-order chi connectivity index (χ0) is 18.4. The van der Waals surface area contributed by atoms with Gasteiger partial charge in [-0.05, 0) is 56.3 Å². The molecule has 0 heterocycles. The quantitative estimate of drug-likeness (QED) is 0.339. The Morgan fingerprint density at radius 1 is 1.15 bits per heavy atom. The van der Waals surface area contributed by atoms with Gasteiger partial charge in [-0.1, -0.05) is 11.2 Å². The lowest BCUT2D eigenvalue weighted by molar-refractivity contribution is 0.0397. The molecule has 0 spiro atoms. The summed E-state index contributed by atoms with van der Waals surface area (Å²) in [7, 11) is 3.27. The Balaban J connectivity index is 1.32. The van der Waals surface area contributed by atoms with E-state index < -0.39 is 6.10 Å². The van der Waals surface area contributed by atoms with Crippen molar-refractivity contribution in [2.75, 3.05) is 33.9 Å². The highest BCUT2D eigenvalue weighted by Gasteiger charge is 2.38. The van der Waals surface area contributed by atoms with Crippen molar-refractivity contribution in [3.8, 4) is 11.5 Å². The Bertz CT molecular complexity index is 598. The molecule has 0 aromatic heterocycles. The second-order valence-electron chi connectivity index (χ2n) is 7.16. The van der Waals surface area contributed by atoms with Gasteiger partial charge in [0.25, 0.3) is 0 Å². The number of benzene rings is 1. The Kier molecular flexibility index (Phi) is 6.74. The molecule has 0 radical (unpaired) electrons. The molecule has 0 bridgehead atoms. The van der Waals surface area contributed by atoms with Crippen LogP contribution in [0.1, 0.15) is 31.2 Å². The van der Waals surface area contributed by atoms with E-state index in [1.807, 2.05) is 18.2 Å². The van der Waals surface area contributed by atoms with Crippen LogP contribution in [0.4, 0.5) is 0 Å². The Morgan fingerprint density at radius 2 is 1.85 bits per heavy atom. The highest BCUT2D eigenvalue weighted by molar-refractivity contribution is 5.92. The molecule has 1 unspecified atom stereocenters. The lowest BCUT2D eigenvalue weighted by Gasteiger charge is -2.12. The zero-order valence-corrected chi connectivity index (χ0v) is 15.7. The molecule has 6 heteroatoms. The van der Waals surface area contributed by atoms with Gasteiger partial charge >= 0.3 is 0 Å². The summed E-state index contributed by atoms with van der Waals surface area (Å²) in [5, 5.41) is 17.6. The molecule has 2 aliphatic rings. The summed E-state index contributed by atoms with van der Waals surface area (Å²) in [6, 6.07) is 5.91. The van der Waals surface area contributed by atoms with E-state index in [0.717, 1.165) is 30.0 Å². The lowest BCUT2D eigenvalue weighted by Crippen LogP contribution is -2.31. The monoisotopic (exact) mass is 362 g/mol. The maximum absolute atomic E-state index is 10.0. The zero-order valence-electron chi connectivity index (χ0n) is 15.7. The third-order valence-electron chi connectivity index (χ3n) is 4.85. The van der Waals surface area contributed by atoms with Crippen LogP contribution in [0.5, 0.6) is 11.5 Å². The molecule has 1 aromatic rings. The summed E-state index contributed by atoms with van der Waals surface area (Å²) in [4.78, 5) is 5.40. The molecule has 1 atom stereocenters. The molecule has 6 nitrogen and oxygen atoms in total. The van der Waals surface area contributed by atoms with Gasteiger partial charge in [0.1, 0.15) is 12.7 Å². The molecule has 0 saturated heterocycles. The van der Waals surface area contributed by atoms with Gasteiger partial charge in [-0.25, -0.2) is 0 Å². The van der Waals surface area contributed by atoms with Gasteiger partial charge in [0.15, 0.2) is 11.5 Å². The van der Waals surface area contributed by atoms with Crippen LogP contribution >= 0.6 is 0 Å². The van der Waals surface area contributed by atoms with Crippen molar-refractivity contribution >= 4 is 5.71 Å². The maximum atomic E-state index is 10.0. The molecule has 26 heavy (non-hydrogen) atoms. The predicted octanol–water partition coefficient (Wildman–Crippen LogP) is 2.39. The van der Waals surface area contributed by atoms with Gasteiger partial charge in [-0.15, -0.1) is 0 Å². The van der Waals surface area contributed by atoms with Crippen molar-refractivity contribution < 1.29 is 19.4 Å². The van der Waals surface area contributed by atoms with Crippen LogP contribution in [0.2, 0.25) is 0 Å². The number of aliphatic hydroxyl groups is 1. The van der Waals surface area contributed by atoms with Gasteiger partial charge in [0.05, 0.1) is 19.9 Å². The van der Waals surface area contributed by atoms with Gasteiger partial charge in [-0.2, -0.15) is 0 Å². The van der Waals surface area contributed by atoms with Crippen LogP contribution in [-0.4, -0.2) is 50.8 Å². The van der Waals surface area contributed by atoms with E-state index in [4.69, 9.17) is 14.3 Å². The number of ether oxygens (including phenoxy) is 2. The van der Waals surface area contributed by atoms with Crippen LogP contribution < -0.4 is 14.8 Å². The SMILES string of the molecule is COc1ccc(CCNCC(O)CON=C(C2CC2)C2CC2)cc1OC. The van der Waals surface area contributed by atoms with Crippen LogP contribution in [-0.2, 0) is 11.3 Å². The molecule has 144 valence electrons. The van der Waals surface area contributed by atoms with Crippen molar-refractivity contribution in [1.29, 1.82) is 0 Å². The maximum Gasteiger partial charge on any atom is 0.160 e. The fraction of sp³-hybridized carbons (Fsp3) is 0.650. The number of hydrogen-bond acceptors (Lipinski definition) is 6. The normalized spacial score (nSPS) is 17.5. The standard InChI is InChI=1S/C20H30N2O4/c1-24-18-8-3-14(11-19(18)25-2)9-10-21-12-17(23)13-26-22-20(15-4-5-15)16-6-7-16/h3,8,11,15-17,21,23H,4-7,9-10,12-13H2,1-2H3. The molecule has 0 aliphatic heterocycles. The largest absolute Gasteiger partial charge is 0.493 e. The Morgan fingerprint density at radius 3 is 2.46 bits per heavy atom. The van der Waals surface area contributed by atoms with Crippen LogP contribution in [0.3, 0.4) is 0 Å². The van der Waals surface area contributed by atoms with Crippen molar-refractivity contribution in [2.45, 2.75) is 38.2 Å². The van der Waals surface area contributed by atoms with Gasteiger partial charge in [0.2, 0.25) is 0 Å². The van der Waals surface area contributed by atoms with E-state index >= 15 is 0 Å². The highest BCUT2D eigenvalue weighted by atomic mass is 16.6. The molecular formula is C20H30N2O4. The van der Waals surface area contributed by atoms with E-state index in [1.165, 1.54) is 31.4 Å². The number of rotatable bonds is 12. The first-order valence-electron chi connectivity index (χ1n) is 9.50. The van der Waals surface area contributed by atoms with Crippen molar-refractivity contribution in [3.63, 3.8) is 0 Å². The summed E-state index contributed by atoms with van der Waals surface area (Å²) in [6.45, 7) is 1.50. The smallest absolute Gasteiger partial charge is 0.160 e. The predicted molar refractivity (Wildman–Crippen MR) is 101 cm³/mol. The summed E-state index contributed by atoms with van der Waals surface area (Å²) in [6.07, 6.45) is 5.29. The Hall–Kier alpha value is -1.79. The van der Waals surface area contributed by atoms with E-state index in [1.54, 1.807) is 14.2 Å². The molecule has 2 aliphatic carbocycles. The van der Waals surface area contributed by atoms with Gasteiger partial charge in [-0.3, -0.25) is 0 Å². The molecule has 2 saturated carbocycles. The average Bonchev–Trinajstić information content (AvgIpc) is 3.55. The van der Waals surface area contributed by atoms with E-state index in [0.29, 0.717) is 18.4 Å². The molecule has 3 rings (SSSR count). The van der Waals surface area contributed by atoms with Gasteiger partial charge < -0.3 is 24.7 Å². The van der Waals surface area contributed by atoms with Gasteiger partial charge in [0, 0.05) is 18.4 Å². The number of hydrogen-bond donors (Lipinski definition) is 2. The summed E-state index contributed by atoms with van der Waals surface area (Å²) < 4.78 is 10.6. The van der Waals surface area contributed by atoms with Crippen molar-refractivity contribution in [2.24, 2.45) is 17.0 Å². The number of nitrogens with one attached hydrogen (secondary N) is 1. The molecule has 1 aromatic carbocycles. The van der Waals surface area contributed by atoms with Crippen molar-refractivity contribution in [1.82, 2.24) is 5.32 Å². The number of aliphatic hydroxyl groups excluding tert-OH is 1. The molecular weight excluding hydrogens is 332 g/mol. The molecule has 0 amide bonds. The third kappa shape index (κ3) is 5.61. The minimum atomic E-state index is -0.552. The van der Waals surface area contributed by atoms with E-state index in [-0.39, 0.29) is 6.61 Å². The first-order valence-corrected chi connectivity index (χ1v) is 9.50. The average molecular weight is 362 g/mol. The second kappa shape index (κ2) is 9.24. The molecule has 2 fully saturated rings. The summed E-state index contributed by atoms with van der Waals surface area (Å²) in [5.74, 6) is 2.77. The number of oxime groups is 1. The van der Waals surface area contributed by atoms with Crippen molar-refractivity contribution in [3.05, 3.63) is 23.8 Å². The number of nitrogens with zero attached hydrogens (tertiary/aromatic N) is 1. The third-order valence-corrected chi connectivity index (χ3v) is 4.85. The minimum absolute atomic E-state index is 0.242. The lowest BCUT2D eigenvalue weighted by atomic mass is 10.1.